The molecule has 92 valence electrons. The van der Waals surface area contributed by atoms with Crippen LogP contribution in [0, 0.1) is 5.41 Å². The maximum absolute atomic E-state index is 12.1. The fourth-order valence-electron chi connectivity index (χ4n) is 1.58. The van der Waals surface area contributed by atoms with Crippen LogP contribution in [-0.2, 0) is 4.79 Å². The molecular formula is C11H11Br3N2O. The van der Waals surface area contributed by atoms with Gasteiger partial charge in [0.25, 0.3) is 0 Å². The summed E-state index contributed by atoms with van der Waals surface area (Å²) in [6.45, 7) is 0.407. The molecule has 3 N–H and O–H groups in total. The summed E-state index contributed by atoms with van der Waals surface area (Å²) in [6.07, 6.45) is 1.75. The van der Waals surface area contributed by atoms with E-state index in [1.807, 2.05) is 12.1 Å². The van der Waals surface area contributed by atoms with Gasteiger partial charge in [-0.05, 0) is 56.8 Å². The van der Waals surface area contributed by atoms with E-state index in [2.05, 4.69) is 53.1 Å². The normalized spacial score (nSPS) is 16.7. The molecule has 17 heavy (non-hydrogen) atoms. The number of hydrogen-bond donors (Lipinski definition) is 2. The summed E-state index contributed by atoms with van der Waals surface area (Å²) in [5.41, 5.74) is 6.04. The Kier molecular flexibility index (Phi) is 3.97. The molecule has 0 atom stereocenters. The highest BCUT2D eigenvalue weighted by Crippen LogP contribution is 2.46. The molecule has 6 heteroatoms. The average Bonchev–Trinajstić information content (AvgIpc) is 3.03. The van der Waals surface area contributed by atoms with Gasteiger partial charge in [0, 0.05) is 20.0 Å². The Hall–Kier alpha value is 0.0900. The summed E-state index contributed by atoms with van der Waals surface area (Å²) in [5.74, 6) is 0.00345. The van der Waals surface area contributed by atoms with Crippen molar-refractivity contribution >= 4 is 59.4 Å². The molecule has 0 unspecified atom stereocenters. The second-order valence-corrected chi connectivity index (χ2v) is 6.81. The quantitative estimate of drug-likeness (QED) is 0.775. The Morgan fingerprint density at radius 2 is 1.82 bits per heavy atom. The number of nitrogens with two attached hydrogens (primary N) is 1. The fourth-order valence-corrected chi connectivity index (χ4v) is 4.04. The summed E-state index contributed by atoms with van der Waals surface area (Å²) < 4.78 is 2.61. The summed E-state index contributed by atoms with van der Waals surface area (Å²) in [5, 5.41) is 2.93. The summed E-state index contributed by atoms with van der Waals surface area (Å²) >= 11 is 10.2. The van der Waals surface area contributed by atoms with E-state index in [4.69, 9.17) is 5.73 Å². The molecule has 1 aliphatic rings. The number of carbonyl (C=O) groups excluding carboxylic acids is 1. The lowest BCUT2D eigenvalue weighted by Crippen LogP contribution is -2.31. The van der Waals surface area contributed by atoms with Crippen molar-refractivity contribution in [3.05, 3.63) is 25.6 Å². The first-order valence-corrected chi connectivity index (χ1v) is 7.52. The molecule has 0 saturated heterocycles. The summed E-state index contributed by atoms with van der Waals surface area (Å²) in [4.78, 5) is 12.1. The number of benzene rings is 1. The van der Waals surface area contributed by atoms with Crippen molar-refractivity contribution in [2.45, 2.75) is 12.8 Å². The van der Waals surface area contributed by atoms with Crippen molar-refractivity contribution in [2.24, 2.45) is 11.1 Å². The minimum Gasteiger partial charge on any atom is -0.329 e. The molecule has 1 amide bonds. The van der Waals surface area contributed by atoms with Crippen molar-refractivity contribution < 1.29 is 4.79 Å². The first-order chi connectivity index (χ1) is 7.98. The molecule has 1 fully saturated rings. The summed E-state index contributed by atoms with van der Waals surface area (Å²) in [6, 6.07) is 3.78. The molecule has 1 aromatic rings. The van der Waals surface area contributed by atoms with Gasteiger partial charge in [0.1, 0.15) is 0 Å². The Balaban J connectivity index is 2.22. The van der Waals surface area contributed by atoms with Crippen LogP contribution in [0.1, 0.15) is 12.8 Å². The number of amides is 1. The lowest BCUT2D eigenvalue weighted by Gasteiger charge is -2.15. The van der Waals surface area contributed by atoms with E-state index in [0.29, 0.717) is 6.54 Å². The van der Waals surface area contributed by atoms with Gasteiger partial charge in [0.05, 0.1) is 11.1 Å². The molecule has 1 aliphatic carbocycles. The van der Waals surface area contributed by atoms with Gasteiger partial charge in [-0.2, -0.15) is 0 Å². The number of rotatable bonds is 3. The van der Waals surface area contributed by atoms with Crippen LogP contribution < -0.4 is 11.1 Å². The van der Waals surface area contributed by atoms with Crippen molar-refractivity contribution in [3.63, 3.8) is 0 Å². The molecule has 0 heterocycles. The summed E-state index contributed by atoms with van der Waals surface area (Å²) in [7, 11) is 0. The average molecular weight is 427 g/mol. The molecular weight excluding hydrogens is 416 g/mol. The lowest BCUT2D eigenvalue weighted by atomic mass is 10.1. The molecule has 0 radical (unpaired) electrons. The minimum absolute atomic E-state index is 0.00345. The van der Waals surface area contributed by atoms with Crippen molar-refractivity contribution in [1.82, 2.24) is 0 Å². The fraction of sp³-hybridized carbons (Fsp3) is 0.364. The smallest absolute Gasteiger partial charge is 0.231 e. The monoisotopic (exact) mass is 424 g/mol. The van der Waals surface area contributed by atoms with Gasteiger partial charge < -0.3 is 11.1 Å². The molecule has 2 rings (SSSR count). The van der Waals surface area contributed by atoms with E-state index in [0.717, 1.165) is 31.9 Å². The van der Waals surface area contributed by atoms with E-state index < -0.39 is 0 Å². The van der Waals surface area contributed by atoms with E-state index in [1.165, 1.54) is 0 Å². The zero-order valence-electron chi connectivity index (χ0n) is 8.90. The van der Waals surface area contributed by atoms with Gasteiger partial charge in [0.2, 0.25) is 5.91 Å². The topological polar surface area (TPSA) is 55.1 Å². The van der Waals surface area contributed by atoms with Crippen LogP contribution in [0.5, 0.6) is 0 Å². The van der Waals surface area contributed by atoms with Crippen molar-refractivity contribution in [3.8, 4) is 0 Å². The van der Waals surface area contributed by atoms with Crippen LogP contribution in [0.2, 0.25) is 0 Å². The number of hydrogen-bond acceptors (Lipinski definition) is 2. The molecule has 1 aromatic carbocycles. The first kappa shape index (κ1) is 13.5. The van der Waals surface area contributed by atoms with Crippen molar-refractivity contribution in [2.75, 3.05) is 11.9 Å². The molecule has 3 nitrogen and oxygen atoms in total. The van der Waals surface area contributed by atoms with Gasteiger partial charge in [-0.15, -0.1) is 0 Å². The van der Waals surface area contributed by atoms with Crippen molar-refractivity contribution in [1.29, 1.82) is 0 Å². The molecule has 0 aromatic heterocycles. The first-order valence-electron chi connectivity index (χ1n) is 5.14. The minimum atomic E-state index is -0.341. The Labute approximate surface area is 125 Å². The Morgan fingerprint density at radius 1 is 1.29 bits per heavy atom. The van der Waals surface area contributed by atoms with E-state index in [-0.39, 0.29) is 11.3 Å². The van der Waals surface area contributed by atoms with Crippen LogP contribution in [0.15, 0.2) is 25.6 Å². The van der Waals surface area contributed by atoms with Gasteiger partial charge in [-0.25, -0.2) is 0 Å². The third-order valence-electron chi connectivity index (χ3n) is 2.97. The standard InChI is InChI=1S/C11H11Br3N2O/c12-6-3-7(13)9(8(14)4-6)16-10(17)11(5-15)1-2-11/h3-4H,1-2,5,15H2,(H,16,17). The highest BCUT2D eigenvalue weighted by Gasteiger charge is 2.48. The van der Waals surface area contributed by atoms with Crippen LogP contribution >= 0.6 is 47.8 Å². The zero-order valence-corrected chi connectivity index (χ0v) is 13.7. The predicted octanol–water partition coefficient (Wildman–Crippen LogP) is 3.65. The maximum atomic E-state index is 12.1. The molecule has 0 aliphatic heterocycles. The third kappa shape index (κ3) is 2.75. The number of halogens is 3. The Bertz CT molecular complexity index is 449. The second-order valence-electron chi connectivity index (χ2n) is 4.18. The van der Waals surface area contributed by atoms with E-state index >= 15 is 0 Å². The molecule has 0 bridgehead atoms. The second kappa shape index (κ2) is 4.99. The van der Waals surface area contributed by atoms with Crippen LogP contribution in [0.3, 0.4) is 0 Å². The largest absolute Gasteiger partial charge is 0.329 e. The molecule has 0 spiro atoms. The van der Waals surface area contributed by atoms with Crippen LogP contribution in [-0.4, -0.2) is 12.5 Å². The zero-order chi connectivity index (χ0) is 12.6. The van der Waals surface area contributed by atoms with Crippen LogP contribution in [0.25, 0.3) is 0 Å². The number of carbonyl (C=O) groups is 1. The van der Waals surface area contributed by atoms with Gasteiger partial charge >= 0.3 is 0 Å². The molecule has 1 saturated carbocycles. The highest BCUT2D eigenvalue weighted by atomic mass is 79.9. The maximum Gasteiger partial charge on any atom is 0.231 e. The van der Waals surface area contributed by atoms with E-state index in [1.54, 1.807) is 0 Å². The Morgan fingerprint density at radius 3 is 2.24 bits per heavy atom. The lowest BCUT2D eigenvalue weighted by molar-refractivity contribution is -0.120. The van der Waals surface area contributed by atoms with Crippen LogP contribution in [0.4, 0.5) is 5.69 Å². The number of anilines is 1. The van der Waals surface area contributed by atoms with Gasteiger partial charge in [0.15, 0.2) is 0 Å². The highest BCUT2D eigenvalue weighted by molar-refractivity contribution is 9.11. The SMILES string of the molecule is NCC1(C(=O)Nc2c(Br)cc(Br)cc2Br)CC1. The number of nitrogens with one attached hydrogen (secondary N) is 1. The van der Waals surface area contributed by atoms with E-state index in [9.17, 15) is 4.79 Å². The van der Waals surface area contributed by atoms with Gasteiger partial charge in [-0.3, -0.25) is 4.79 Å². The van der Waals surface area contributed by atoms with Gasteiger partial charge in [-0.1, -0.05) is 15.9 Å². The predicted molar refractivity (Wildman–Crippen MR) is 78.9 cm³/mol. The third-order valence-corrected chi connectivity index (χ3v) is 4.68.